The Labute approximate surface area is 465 Å². The zero-order valence-electron chi connectivity index (χ0n) is 49.6. The topological polar surface area (TPSA) is 78.9 Å². The molecule has 0 bridgehead atoms. The van der Waals surface area contributed by atoms with Gasteiger partial charge < -0.3 is 14.2 Å². The van der Waals surface area contributed by atoms with Crippen molar-refractivity contribution >= 4 is 17.9 Å². The number of ether oxygens (including phenoxy) is 3. The summed E-state index contributed by atoms with van der Waals surface area (Å²) in [5, 5.41) is 0. The van der Waals surface area contributed by atoms with Gasteiger partial charge in [0, 0.05) is 19.3 Å². The molecule has 0 fully saturated rings. The Morgan fingerprint density at radius 1 is 0.280 bits per heavy atom. The van der Waals surface area contributed by atoms with Crippen LogP contribution in [0.5, 0.6) is 0 Å². The Balaban J connectivity index is 4.18. The molecule has 0 aromatic heterocycles. The number of allylic oxidation sites excluding steroid dienone is 14. The fourth-order valence-electron chi connectivity index (χ4n) is 9.09. The average Bonchev–Trinajstić information content (AvgIpc) is 3.41. The van der Waals surface area contributed by atoms with Gasteiger partial charge in [-0.2, -0.15) is 0 Å². The highest BCUT2D eigenvalue weighted by Crippen LogP contribution is 2.16. The molecule has 0 radical (unpaired) electrons. The van der Waals surface area contributed by atoms with Crippen LogP contribution >= 0.6 is 0 Å². The molecule has 6 heteroatoms. The Bertz CT molecular complexity index is 1430. The molecule has 1 atom stereocenters. The Morgan fingerprint density at radius 2 is 0.520 bits per heavy atom. The molecule has 0 aromatic rings. The number of hydrogen-bond acceptors (Lipinski definition) is 6. The molecular weight excluding hydrogens is 925 g/mol. The lowest BCUT2D eigenvalue weighted by molar-refractivity contribution is -0.167. The lowest BCUT2D eigenvalue weighted by atomic mass is 10.0. The molecule has 0 aliphatic rings. The van der Waals surface area contributed by atoms with Crippen LogP contribution in [0.25, 0.3) is 0 Å². The van der Waals surface area contributed by atoms with E-state index in [1.807, 2.05) is 0 Å². The van der Waals surface area contributed by atoms with Gasteiger partial charge in [-0.25, -0.2) is 0 Å². The van der Waals surface area contributed by atoms with Crippen LogP contribution in [0, 0.1) is 0 Å². The predicted molar refractivity (Wildman–Crippen MR) is 325 cm³/mol. The predicted octanol–water partition coefficient (Wildman–Crippen LogP) is 21.9. The molecule has 0 rings (SSSR count). The summed E-state index contributed by atoms with van der Waals surface area (Å²) < 4.78 is 16.9. The summed E-state index contributed by atoms with van der Waals surface area (Å²) >= 11 is 0. The first-order chi connectivity index (χ1) is 37.0. The molecule has 0 aliphatic carbocycles. The van der Waals surface area contributed by atoms with Crippen molar-refractivity contribution < 1.29 is 28.6 Å². The van der Waals surface area contributed by atoms with Crippen LogP contribution in [0.15, 0.2) is 85.1 Å². The van der Waals surface area contributed by atoms with E-state index in [4.69, 9.17) is 14.2 Å². The average molecular weight is 1050 g/mol. The van der Waals surface area contributed by atoms with Gasteiger partial charge in [0.25, 0.3) is 0 Å². The van der Waals surface area contributed by atoms with Gasteiger partial charge in [0.2, 0.25) is 0 Å². The fraction of sp³-hybridized carbons (Fsp3) is 0.754. The van der Waals surface area contributed by atoms with Gasteiger partial charge in [-0.3, -0.25) is 14.4 Å². The Morgan fingerprint density at radius 3 is 0.827 bits per heavy atom. The summed E-state index contributed by atoms with van der Waals surface area (Å²) in [5.41, 5.74) is 0. The number of carbonyl (C=O) groups excluding carboxylic acids is 3. The molecule has 0 amide bonds. The summed E-state index contributed by atoms with van der Waals surface area (Å²) in [6.45, 7) is 6.53. The first kappa shape index (κ1) is 71.6. The number of carbonyl (C=O) groups is 3. The second kappa shape index (κ2) is 63.1. The SMILES string of the molecule is CC/C=C\C/C=C\C/C=C\C/C=C\C/C=C\C/C=C\CCCCCCCCCCCCCCC(=O)OCC(COC(=O)CCCCCCCCCCCCC)OC(=O)CCCCCCC/C=C\CCCCCCCC. The highest BCUT2D eigenvalue weighted by atomic mass is 16.6. The zero-order valence-corrected chi connectivity index (χ0v) is 49.6. The molecule has 0 spiro atoms. The first-order valence-electron chi connectivity index (χ1n) is 32.1. The molecule has 0 saturated carbocycles. The summed E-state index contributed by atoms with van der Waals surface area (Å²) in [6, 6.07) is 0. The molecule has 75 heavy (non-hydrogen) atoms. The van der Waals surface area contributed by atoms with Crippen LogP contribution in [0.3, 0.4) is 0 Å². The van der Waals surface area contributed by atoms with Crippen molar-refractivity contribution in [3.8, 4) is 0 Å². The molecular formula is C69H120O6. The van der Waals surface area contributed by atoms with E-state index in [-0.39, 0.29) is 31.1 Å². The van der Waals surface area contributed by atoms with Gasteiger partial charge in [0.05, 0.1) is 0 Å². The summed E-state index contributed by atoms with van der Waals surface area (Å²) in [4.78, 5) is 38.2. The molecule has 0 heterocycles. The minimum atomic E-state index is -0.779. The Kier molecular flexibility index (Phi) is 60.3. The van der Waals surface area contributed by atoms with Gasteiger partial charge in [0.1, 0.15) is 13.2 Å². The Hall–Kier alpha value is -3.41. The lowest BCUT2D eigenvalue weighted by Crippen LogP contribution is -2.30. The maximum Gasteiger partial charge on any atom is 0.306 e. The maximum absolute atomic E-state index is 12.9. The summed E-state index contributed by atoms with van der Waals surface area (Å²) in [7, 11) is 0. The van der Waals surface area contributed by atoms with Crippen molar-refractivity contribution in [1.29, 1.82) is 0 Å². The highest BCUT2D eigenvalue weighted by Gasteiger charge is 2.19. The quantitative estimate of drug-likeness (QED) is 0.0261. The van der Waals surface area contributed by atoms with Gasteiger partial charge in [-0.05, 0) is 96.3 Å². The minimum absolute atomic E-state index is 0.0761. The van der Waals surface area contributed by atoms with E-state index >= 15 is 0 Å². The van der Waals surface area contributed by atoms with Gasteiger partial charge in [-0.1, -0.05) is 286 Å². The number of unbranched alkanes of at least 4 members (excludes halogenated alkanes) is 33. The number of rotatable bonds is 58. The van der Waals surface area contributed by atoms with Gasteiger partial charge >= 0.3 is 17.9 Å². The van der Waals surface area contributed by atoms with E-state index in [2.05, 4.69) is 106 Å². The van der Waals surface area contributed by atoms with Crippen LogP contribution in [0.1, 0.15) is 316 Å². The van der Waals surface area contributed by atoms with E-state index < -0.39 is 6.10 Å². The second-order valence-corrected chi connectivity index (χ2v) is 21.3. The smallest absolute Gasteiger partial charge is 0.306 e. The van der Waals surface area contributed by atoms with Crippen LogP contribution < -0.4 is 0 Å². The maximum atomic E-state index is 12.9. The molecule has 0 saturated heterocycles. The molecule has 1 unspecified atom stereocenters. The number of esters is 3. The van der Waals surface area contributed by atoms with E-state index in [0.717, 1.165) is 109 Å². The van der Waals surface area contributed by atoms with Crippen molar-refractivity contribution in [3.05, 3.63) is 85.1 Å². The van der Waals surface area contributed by atoms with E-state index in [0.29, 0.717) is 19.3 Å². The van der Waals surface area contributed by atoms with Gasteiger partial charge in [-0.15, -0.1) is 0 Å². The van der Waals surface area contributed by atoms with Crippen molar-refractivity contribution in [2.75, 3.05) is 13.2 Å². The minimum Gasteiger partial charge on any atom is -0.462 e. The largest absolute Gasteiger partial charge is 0.462 e. The van der Waals surface area contributed by atoms with Crippen LogP contribution in [0.4, 0.5) is 0 Å². The molecule has 0 N–H and O–H groups in total. The third kappa shape index (κ3) is 61.3. The third-order valence-electron chi connectivity index (χ3n) is 13.9. The van der Waals surface area contributed by atoms with Crippen molar-refractivity contribution in [2.24, 2.45) is 0 Å². The molecule has 432 valence electrons. The third-order valence-corrected chi connectivity index (χ3v) is 13.9. The van der Waals surface area contributed by atoms with E-state index in [1.54, 1.807) is 0 Å². The standard InChI is InChI=1S/C69H120O6/c1-4-7-10-13-16-19-22-24-26-27-28-29-30-31-32-33-34-35-36-37-38-39-40-41-43-44-47-50-53-56-59-62-68(71)74-65-66(64-73-67(70)61-58-55-52-49-46-21-18-15-12-9-6-3)75-69(72)63-60-57-54-51-48-45-42-25-23-20-17-14-11-8-5-2/h7,10,16,19,24-26,28-29,31-32,34-35,42,66H,4-6,8-9,11-15,17-18,20-23,27,30,33,36-41,43-65H2,1-3H3/b10-7-,19-16-,26-24-,29-28-,32-31-,35-34-,42-25-. The summed E-state index contributed by atoms with van der Waals surface area (Å²) in [6.07, 6.45) is 83.1. The molecule has 0 aromatic carbocycles. The number of hydrogen-bond donors (Lipinski definition) is 0. The molecule has 0 aliphatic heterocycles. The van der Waals surface area contributed by atoms with Crippen molar-refractivity contribution in [1.82, 2.24) is 0 Å². The van der Waals surface area contributed by atoms with Crippen molar-refractivity contribution in [3.63, 3.8) is 0 Å². The lowest BCUT2D eigenvalue weighted by Gasteiger charge is -2.18. The zero-order chi connectivity index (χ0) is 54.3. The van der Waals surface area contributed by atoms with Crippen LogP contribution in [-0.4, -0.2) is 37.2 Å². The first-order valence-corrected chi connectivity index (χ1v) is 32.1. The highest BCUT2D eigenvalue weighted by molar-refractivity contribution is 5.71. The van der Waals surface area contributed by atoms with E-state index in [1.165, 1.54) is 167 Å². The molecule has 6 nitrogen and oxygen atoms in total. The normalized spacial score (nSPS) is 12.6. The fourth-order valence-corrected chi connectivity index (χ4v) is 9.09. The monoisotopic (exact) mass is 1040 g/mol. The van der Waals surface area contributed by atoms with Crippen LogP contribution in [-0.2, 0) is 28.6 Å². The summed E-state index contributed by atoms with van der Waals surface area (Å²) in [5.74, 6) is -0.875. The van der Waals surface area contributed by atoms with Crippen LogP contribution in [0.2, 0.25) is 0 Å². The van der Waals surface area contributed by atoms with E-state index in [9.17, 15) is 14.4 Å². The van der Waals surface area contributed by atoms with Crippen molar-refractivity contribution in [2.45, 2.75) is 322 Å². The second-order valence-electron chi connectivity index (χ2n) is 21.3. The van der Waals surface area contributed by atoms with Gasteiger partial charge in [0.15, 0.2) is 6.10 Å².